The van der Waals surface area contributed by atoms with Crippen molar-refractivity contribution in [1.29, 1.82) is 0 Å². The molecule has 1 aromatic carbocycles. The molecule has 0 N–H and O–H groups in total. The van der Waals surface area contributed by atoms with Crippen molar-refractivity contribution in [2.24, 2.45) is 11.8 Å². The summed E-state index contributed by atoms with van der Waals surface area (Å²) in [5.74, 6) is 8.20. The van der Waals surface area contributed by atoms with Gasteiger partial charge in [0.1, 0.15) is 0 Å². The number of benzene rings is 1. The molecule has 0 nitrogen and oxygen atoms in total. The predicted molar refractivity (Wildman–Crippen MR) is 96.8 cm³/mol. The average molecular weight is 294 g/mol. The molecule has 0 amide bonds. The Hall–Kier alpha value is -1.48. The Kier molecular flexibility index (Phi) is 7.31. The number of aryl methyl sites for hydroxylation is 1. The molecule has 0 atom stereocenters. The lowest BCUT2D eigenvalue weighted by Crippen LogP contribution is -2.12. The highest BCUT2D eigenvalue weighted by Crippen LogP contribution is 2.31. The lowest BCUT2D eigenvalue weighted by atomic mass is 9.80. The maximum atomic E-state index is 3.25. The van der Waals surface area contributed by atoms with Gasteiger partial charge >= 0.3 is 0 Å². The molecule has 2 rings (SSSR count). The molecule has 1 fully saturated rings. The fourth-order valence-electron chi connectivity index (χ4n) is 3.43. The first-order chi connectivity index (χ1) is 10.8. The van der Waals surface area contributed by atoms with Crippen LogP contribution in [0.5, 0.6) is 0 Å². The van der Waals surface area contributed by atoms with Crippen LogP contribution in [0.1, 0.15) is 69.9 Å². The highest BCUT2D eigenvalue weighted by Gasteiger charge is 2.18. The third-order valence-corrected chi connectivity index (χ3v) is 4.75. The van der Waals surface area contributed by atoms with Gasteiger partial charge in [0.15, 0.2) is 0 Å². The fraction of sp³-hybridized carbons (Fsp3) is 0.545. The molecule has 0 unspecified atom stereocenters. The molecule has 0 spiro atoms. The highest BCUT2D eigenvalue weighted by atomic mass is 14.2. The molecule has 0 heteroatoms. The topological polar surface area (TPSA) is 0 Å². The van der Waals surface area contributed by atoms with Crippen LogP contribution >= 0.6 is 0 Å². The first-order valence-electron chi connectivity index (χ1n) is 9.09. The molecule has 1 aliphatic rings. The van der Waals surface area contributed by atoms with Crippen LogP contribution in [-0.4, -0.2) is 0 Å². The Bertz CT molecular complexity index is 501. The van der Waals surface area contributed by atoms with E-state index in [0.717, 1.165) is 23.8 Å². The molecule has 0 aromatic heterocycles. The molecule has 0 heterocycles. The van der Waals surface area contributed by atoms with Crippen LogP contribution in [0, 0.1) is 23.7 Å². The Labute approximate surface area is 137 Å². The van der Waals surface area contributed by atoms with Gasteiger partial charge < -0.3 is 0 Å². The van der Waals surface area contributed by atoms with Gasteiger partial charge in [-0.3, -0.25) is 0 Å². The zero-order valence-electron chi connectivity index (χ0n) is 14.3. The second-order valence-corrected chi connectivity index (χ2v) is 6.64. The van der Waals surface area contributed by atoms with E-state index < -0.39 is 0 Å². The van der Waals surface area contributed by atoms with Crippen LogP contribution in [0.3, 0.4) is 0 Å². The largest absolute Gasteiger partial charge is 0.0730 e. The second kappa shape index (κ2) is 9.52. The molecule has 1 saturated carbocycles. The average Bonchev–Trinajstić information content (AvgIpc) is 2.55. The van der Waals surface area contributed by atoms with Crippen LogP contribution in [-0.2, 0) is 6.42 Å². The highest BCUT2D eigenvalue weighted by molar-refractivity contribution is 5.38. The lowest BCUT2D eigenvalue weighted by Gasteiger charge is -2.26. The van der Waals surface area contributed by atoms with E-state index in [1.807, 2.05) is 0 Å². The van der Waals surface area contributed by atoms with Crippen molar-refractivity contribution in [3.05, 3.63) is 47.5 Å². The number of hydrogen-bond acceptors (Lipinski definition) is 0. The Balaban J connectivity index is 1.78. The molecule has 22 heavy (non-hydrogen) atoms. The van der Waals surface area contributed by atoms with Crippen LogP contribution < -0.4 is 0 Å². The van der Waals surface area contributed by atoms with Gasteiger partial charge in [0, 0.05) is 5.56 Å². The SMILES string of the molecule is CCCc1ccc(C#CC=C[C@H]2CC[C@H](CCC)CC2)cc1. The van der Waals surface area contributed by atoms with Crippen LogP contribution in [0.2, 0.25) is 0 Å². The van der Waals surface area contributed by atoms with Crippen LogP contribution in [0.15, 0.2) is 36.4 Å². The van der Waals surface area contributed by atoms with E-state index in [1.54, 1.807) is 0 Å². The maximum absolute atomic E-state index is 3.25. The summed E-state index contributed by atoms with van der Waals surface area (Å²) in [6.45, 7) is 4.52. The standard InChI is InChI=1S/C22H30/c1-3-7-19-11-15-21(16-12-19)9-5-6-10-22-17-13-20(8-4-2)14-18-22/h5,9,13-14,17-19,21H,3-4,7-8,11-12,15-16H2,1-2H3/t19-,21-. The predicted octanol–water partition coefficient (Wildman–Crippen LogP) is 6.15. The van der Waals surface area contributed by atoms with Crippen molar-refractivity contribution in [3.8, 4) is 11.8 Å². The zero-order valence-corrected chi connectivity index (χ0v) is 14.3. The second-order valence-electron chi connectivity index (χ2n) is 6.64. The lowest BCUT2D eigenvalue weighted by molar-refractivity contribution is 0.294. The van der Waals surface area contributed by atoms with Crippen molar-refractivity contribution in [1.82, 2.24) is 0 Å². The molecular weight excluding hydrogens is 264 g/mol. The molecule has 1 aromatic rings. The Morgan fingerprint density at radius 2 is 1.73 bits per heavy atom. The summed E-state index contributed by atoms with van der Waals surface area (Å²) < 4.78 is 0. The molecule has 118 valence electrons. The van der Waals surface area contributed by atoms with Gasteiger partial charge in [-0.25, -0.2) is 0 Å². The summed E-state index contributed by atoms with van der Waals surface area (Å²) in [6.07, 6.45) is 15.1. The van der Waals surface area contributed by atoms with Gasteiger partial charge in [-0.2, -0.15) is 0 Å². The normalized spacial score (nSPS) is 21.5. The minimum Gasteiger partial charge on any atom is -0.0730 e. The van der Waals surface area contributed by atoms with Crippen LogP contribution in [0.25, 0.3) is 0 Å². The molecular formula is C22H30. The van der Waals surface area contributed by atoms with E-state index in [-0.39, 0.29) is 0 Å². The quantitative estimate of drug-likeness (QED) is 0.571. The number of allylic oxidation sites excluding steroid dienone is 2. The van der Waals surface area contributed by atoms with Gasteiger partial charge in [0.2, 0.25) is 0 Å². The summed E-state index contributed by atoms with van der Waals surface area (Å²) in [6, 6.07) is 8.68. The van der Waals surface area contributed by atoms with Crippen molar-refractivity contribution >= 4 is 0 Å². The third-order valence-electron chi connectivity index (χ3n) is 4.75. The first kappa shape index (κ1) is 16.9. The van der Waals surface area contributed by atoms with Gasteiger partial charge in [-0.1, -0.05) is 63.2 Å². The van der Waals surface area contributed by atoms with E-state index in [0.29, 0.717) is 0 Å². The number of hydrogen-bond donors (Lipinski definition) is 0. The molecule has 0 radical (unpaired) electrons. The molecule has 0 bridgehead atoms. The summed E-state index contributed by atoms with van der Waals surface area (Å²) >= 11 is 0. The molecule has 1 aliphatic carbocycles. The molecule has 0 aliphatic heterocycles. The van der Waals surface area contributed by atoms with Gasteiger partial charge in [-0.15, -0.1) is 0 Å². The minimum atomic E-state index is 0.759. The summed E-state index contributed by atoms with van der Waals surface area (Å²) in [5, 5.41) is 0. The van der Waals surface area contributed by atoms with E-state index in [1.165, 1.54) is 50.5 Å². The van der Waals surface area contributed by atoms with E-state index in [9.17, 15) is 0 Å². The third kappa shape index (κ3) is 5.72. The van der Waals surface area contributed by atoms with Crippen molar-refractivity contribution in [2.75, 3.05) is 0 Å². The Morgan fingerprint density at radius 1 is 1.00 bits per heavy atom. The molecule has 0 saturated heterocycles. The minimum absolute atomic E-state index is 0.759. The summed E-state index contributed by atoms with van der Waals surface area (Å²) in [4.78, 5) is 0. The van der Waals surface area contributed by atoms with Crippen molar-refractivity contribution < 1.29 is 0 Å². The summed E-state index contributed by atoms with van der Waals surface area (Å²) in [7, 11) is 0. The van der Waals surface area contributed by atoms with Gasteiger partial charge in [0.05, 0.1) is 0 Å². The maximum Gasteiger partial charge on any atom is 0.0249 e. The number of rotatable bonds is 5. The van der Waals surface area contributed by atoms with Gasteiger partial charge in [0.25, 0.3) is 0 Å². The van der Waals surface area contributed by atoms with Crippen molar-refractivity contribution in [2.45, 2.75) is 65.2 Å². The van der Waals surface area contributed by atoms with Gasteiger partial charge in [-0.05, 0) is 67.7 Å². The van der Waals surface area contributed by atoms with E-state index in [4.69, 9.17) is 0 Å². The fourth-order valence-corrected chi connectivity index (χ4v) is 3.43. The zero-order chi connectivity index (χ0) is 15.6. The monoisotopic (exact) mass is 294 g/mol. The first-order valence-corrected chi connectivity index (χ1v) is 9.09. The van der Waals surface area contributed by atoms with Crippen molar-refractivity contribution in [3.63, 3.8) is 0 Å². The Morgan fingerprint density at radius 3 is 2.36 bits per heavy atom. The van der Waals surface area contributed by atoms with E-state index >= 15 is 0 Å². The smallest absolute Gasteiger partial charge is 0.0249 e. The summed E-state index contributed by atoms with van der Waals surface area (Å²) in [5.41, 5.74) is 2.53. The van der Waals surface area contributed by atoms with E-state index in [2.05, 4.69) is 62.1 Å². The van der Waals surface area contributed by atoms with Crippen LogP contribution in [0.4, 0.5) is 0 Å².